The fourth-order valence-corrected chi connectivity index (χ4v) is 6.87. The van der Waals surface area contributed by atoms with Crippen LogP contribution >= 0.6 is 15.9 Å². The molecule has 8 nitrogen and oxygen atoms in total. The maximum Gasteiger partial charge on any atom is 0.264 e. The molecule has 0 aliphatic carbocycles. The number of aryl methyl sites for hydroxylation is 1. The van der Waals surface area contributed by atoms with Crippen LogP contribution in [-0.4, -0.2) is 50.4 Å². The first kappa shape index (κ1) is 34.7. The van der Waals surface area contributed by atoms with Gasteiger partial charge in [-0.05, 0) is 87.4 Å². The topological polar surface area (TPSA) is 96.0 Å². The third kappa shape index (κ3) is 9.20. The predicted octanol–water partition coefficient (Wildman–Crippen LogP) is 6.52. The highest BCUT2D eigenvalue weighted by molar-refractivity contribution is 9.10. The van der Waals surface area contributed by atoms with Crippen molar-refractivity contribution in [3.05, 3.63) is 124 Å². The van der Waals surface area contributed by atoms with Gasteiger partial charge >= 0.3 is 0 Å². The maximum absolute atomic E-state index is 14.5. The number of hydrogen-bond acceptors (Lipinski definition) is 5. The smallest absolute Gasteiger partial charge is 0.264 e. The molecule has 0 radical (unpaired) electrons. The molecule has 242 valence electrons. The quantitative estimate of drug-likeness (QED) is 0.161. The van der Waals surface area contributed by atoms with E-state index in [0.717, 1.165) is 25.5 Å². The monoisotopic (exact) mass is 705 g/mol. The summed E-state index contributed by atoms with van der Waals surface area (Å²) in [6.07, 6.45) is 0.245. The molecule has 46 heavy (non-hydrogen) atoms. The molecule has 4 rings (SSSR count). The first-order chi connectivity index (χ1) is 22.0. The normalized spacial score (nSPS) is 12.0. The van der Waals surface area contributed by atoms with Gasteiger partial charge in [0.25, 0.3) is 10.0 Å². The summed E-state index contributed by atoms with van der Waals surface area (Å²) in [6, 6.07) is 29.0. The summed E-state index contributed by atoms with van der Waals surface area (Å²) < 4.78 is 35.9. The highest BCUT2D eigenvalue weighted by Gasteiger charge is 2.35. The number of halogens is 1. The second-order valence-electron chi connectivity index (χ2n) is 11.3. The van der Waals surface area contributed by atoms with E-state index in [1.807, 2.05) is 82.3 Å². The van der Waals surface area contributed by atoms with Gasteiger partial charge in [0.2, 0.25) is 11.8 Å². The van der Waals surface area contributed by atoms with E-state index in [4.69, 9.17) is 4.74 Å². The molecule has 0 aliphatic heterocycles. The third-order valence-corrected chi connectivity index (χ3v) is 9.55. The number of ether oxygens (including phenoxy) is 1. The zero-order valence-electron chi connectivity index (χ0n) is 26.5. The minimum absolute atomic E-state index is 0.0151. The molecular weight excluding hydrogens is 666 g/mol. The van der Waals surface area contributed by atoms with Crippen LogP contribution in [-0.2, 0) is 32.6 Å². The average Bonchev–Trinajstić information content (AvgIpc) is 3.02. The minimum atomic E-state index is -4.21. The largest absolute Gasteiger partial charge is 0.494 e. The molecule has 2 amide bonds. The number of amides is 2. The molecule has 0 spiro atoms. The second kappa shape index (κ2) is 15.9. The molecule has 4 aromatic rings. The lowest BCUT2D eigenvalue weighted by Gasteiger charge is -2.34. The van der Waals surface area contributed by atoms with Crippen molar-refractivity contribution in [1.82, 2.24) is 10.2 Å². The maximum atomic E-state index is 14.5. The molecule has 0 saturated heterocycles. The van der Waals surface area contributed by atoms with E-state index in [1.54, 1.807) is 36.4 Å². The number of sulfonamides is 1. The van der Waals surface area contributed by atoms with Gasteiger partial charge in [-0.2, -0.15) is 0 Å². The van der Waals surface area contributed by atoms with E-state index in [0.29, 0.717) is 18.0 Å². The lowest BCUT2D eigenvalue weighted by atomic mass is 10.0. The van der Waals surface area contributed by atoms with Crippen molar-refractivity contribution in [2.75, 3.05) is 17.5 Å². The molecule has 0 bridgehead atoms. The lowest BCUT2D eigenvalue weighted by molar-refractivity contribution is -0.140. The number of nitrogens with one attached hydrogen (secondary N) is 1. The van der Waals surface area contributed by atoms with Gasteiger partial charge in [0.1, 0.15) is 18.3 Å². The Bertz CT molecular complexity index is 1710. The van der Waals surface area contributed by atoms with Crippen molar-refractivity contribution < 1.29 is 22.7 Å². The Morgan fingerprint density at radius 1 is 0.870 bits per heavy atom. The zero-order chi connectivity index (χ0) is 33.3. The Morgan fingerprint density at radius 2 is 1.52 bits per heavy atom. The summed E-state index contributed by atoms with van der Waals surface area (Å²) in [4.78, 5) is 29.8. The Hall–Kier alpha value is -4.15. The van der Waals surface area contributed by atoms with E-state index >= 15 is 0 Å². The predicted molar refractivity (Wildman–Crippen MR) is 185 cm³/mol. The van der Waals surface area contributed by atoms with Crippen molar-refractivity contribution in [2.45, 2.75) is 57.6 Å². The van der Waals surface area contributed by atoms with Gasteiger partial charge in [0.15, 0.2) is 0 Å². The van der Waals surface area contributed by atoms with Crippen LogP contribution in [0.4, 0.5) is 5.69 Å². The molecule has 1 N–H and O–H groups in total. The Kier molecular flexibility index (Phi) is 12.0. The van der Waals surface area contributed by atoms with Crippen LogP contribution in [0.25, 0.3) is 0 Å². The SMILES string of the molecule is CCOc1ccc(S(=O)(=O)N(CC(=O)N(Cc2cccc(Br)c2)[C@H](Cc2ccccc2)C(=O)NC(C)C)c2ccc(C)cc2)cc1. The van der Waals surface area contributed by atoms with Crippen LogP contribution in [0.15, 0.2) is 112 Å². The van der Waals surface area contributed by atoms with Gasteiger partial charge in [-0.25, -0.2) is 8.42 Å². The van der Waals surface area contributed by atoms with Gasteiger partial charge in [0.05, 0.1) is 17.2 Å². The Labute approximate surface area is 280 Å². The molecule has 0 heterocycles. The number of rotatable bonds is 14. The molecular formula is C36H40BrN3O5S. The minimum Gasteiger partial charge on any atom is -0.494 e. The van der Waals surface area contributed by atoms with E-state index < -0.39 is 28.5 Å². The van der Waals surface area contributed by atoms with Crippen LogP contribution in [0, 0.1) is 6.92 Å². The molecule has 1 atom stereocenters. The molecule has 0 unspecified atom stereocenters. The highest BCUT2D eigenvalue weighted by atomic mass is 79.9. The average molecular weight is 707 g/mol. The zero-order valence-corrected chi connectivity index (χ0v) is 28.9. The molecule has 10 heteroatoms. The van der Waals surface area contributed by atoms with Crippen LogP contribution < -0.4 is 14.4 Å². The van der Waals surface area contributed by atoms with E-state index in [-0.39, 0.29) is 29.8 Å². The summed E-state index contributed by atoms with van der Waals surface area (Å²) in [5.74, 6) is -0.298. The highest BCUT2D eigenvalue weighted by Crippen LogP contribution is 2.27. The number of carbonyl (C=O) groups is 2. The second-order valence-corrected chi connectivity index (χ2v) is 14.1. The van der Waals surface area contributed by atoms with Gasteiger partial charge in [-0.3, -0.25) is 13.9 Å². The van der Waals surface area contributed by atoms with Crippen molar-refractivity contribution in [3.63, 3.8) is 0 Å². The number of carbonyl (C=O) groups excluding carboxylic acids is 2. The fraction of sp³-hybridized carbons (Fsp3) is 0.278. The molecule has 0 fully saturated rings. The van der Waals surface area contributed by atoms with Crippen LogP contribution in [0.2, 0.25) is 0 Å². The van der Waals surface area contributed by atoms with Crippen LogP contribution in [0.5, 0.6) is 5.75 Å². The number of anilines is 1. The van der Waals surface area contributed by atoms with Gasteiger partial charge in [-0.1, -0.05) is 76.1 Å². The Morgan fingerprint density at radius 3 is 2.13 bits per heavy atom. The number of nitrogens with zero attached hydrogens (tertiary/aromatic N) is 2. The summed E-state index contributed by atoms with van der Waals surface area (Å²) in [6.45, 7) is 7.49. The van der Waals surface area contributed by atoms with Gasteiger partial charge in [-0.15, -0.1) is 0 Å². The van der Waals surface area contributed by atoms with Crippen molar-refractivity contribution in [1.29, 1.82) is 0 Å². The fourth-order valence-electron chi connectivity index (χ4n) is 5.01. The summed E-state index contributed by atoms with van der Waals surface area (Å²) in [5.41, 5.74) is 2.93. The van der Waals surface area contributed by atoms with Crippen molar-refractivity contribution in [3.8, 4) is 5.75 Å². The van der Waals surface area contributed by atoms with Crippen molar-refractivity contribution >= 4 is 43.5 Å². The van der Waals surface area contributed by atoms with Crippen LogP contribution in [0.1, 0.15) is 37.5 Å². The molecule has 0 saturated carbocycles. The van der Waals surface area contributed by atoms with E-state index in [1.165, 1.54) is 17.0 Å². The van der Waals surface area contributed by atoms with Gasteiger partial charge < -0.3 is 15.0 Å². The molecule has 4 aromatic carbocycles. The van der Waals surface area contributed by atoms with E-state index in [2.05, 4.69) is 21.2 Å². The lowest BCUT2D eigenvalue weighted by Crippen LogP contribution is -2.54. The number of benzene rings is 4. The summed E-state index contributed by atoms with van der Waals surface area (Å²) >= 11 is 3.51. The van der Waals surface area contributed by atoms with Crippen LogP contribution in [0.3, 0.4) is 0 Å². The van der Waals surface area contributed by atoms with Crippen molar-refractivity contribution in [2.24, 2.45) is 0 Å². The van der Waals surface area contributed by atoms with E-state index in [9.17, 15) is 18.0 Å². The number of hydrogen-bond donors (Lipinski definition) is 1. The third-order valence-electron chi connectivity index (χ3n) is 7.27. The first-order valence-corrected chi connectivity index (χ1v) is 17.4. The molecule has 0 aliphatic rings. The standard InChI is InChI=1S/C36H40BrN3O5S/c1-5-45-32-18-20-33(21-19-32)46(43,44)40(31-16-14-27(4)15-17-31)25-35(41)39(24-29-12-9-13-30(37)22-29)34(36(42)38-26(2)3)23-28-10-7-6-8-11-28/h6-22,26,34H,5,23-25H2,1-4H3,(H,38,42)/t34-/m1/s1. The summed E-state index contributed by atoms with van der Waals surface area (Å²) in [7, 11) is -4.21. The Balaban J connectivity index is 1.79. The summed E-state index contributed by atoms with van der Waals surface area (Å²) in [5, 5.41) is 2.97. The van der Waals surface area contributed by atoms with Gasteiger partial charge in [0, 0.05) is 23.5 Å². The first-order valence-electron chi connectivity index (χ1n) is 15.2. The molecule has 0 aromatic heterocycles.